The lowest BCUT2D eigenvalue weighted by atomic mass is 10.1. The quantitative estimate of drug-likeness (QED) is 0.533. The summed E-state index contributed by atoms with van der Waals surface area (Å²) >= 11 is 0. The summed E-state index contributed by atoms with van der Waals surface area (Å²) in [5.74, 6) is 0. The topological polar surface area (TPSA) is 100 Å². The molecule has 0 saturated heterocycles. The van der Waals surface area contributed by atoms with Crippen LogP contribution in [0.1, 0.15) is 5.56 Å². The molecule has 2 N–H and O–H groups in total. The Morgan fingerprint density at radius 1 is 1.15 bits per heavy atom. The lowest BCUT2D eigenvalue weighted by Gasteiger charge is -2.05. The highest BCUT2D eigenvalue weighted by molar-refractivity contribution is 5.87. The van der Waals surface area contributed by atoms with Crippen LogP contribution in [0.2, 0.25) is 0 Å². The van der Waals surface area contributed by atoms with E-state index < -0.39 is 0 Å². The van der Waals surface area contributed by atoms with E-state index >= 15 is 0 Å². The Bertz CT molecular complexity index is 1280. The summed E-state index contributed by atoms with van der Waals surface area (Å²) in [5, 5.41) is 13.8. The number of aryl methyl sites for hydroxylation is 1. The third-order valence-electron chi connectivity index (χ3n) is 4.50. The Kier molecular flexibility index (Phi) is 3.36. The third kappa shape index (κ3) is 2.67. The fraction of sp³-hybridized carbons (Fsp3) is 0.105. The molecule has 4 aromatic heterocycles. The van der Waals surface area contributed by atoms with Gasteiger partial charge >= 0.3 is 0 Å². The van der Waals surface area contributed by atoms with Crippen molar-refractivity contribution in [3.05, 3.63) is 60.6 Å². The molecule has 132 valence electrons. The molecule has 0 aliphatic rings. The first-order chi connectivity index (χ1) is 13.2. The number of nitrogens with zero attached hydrogens (tertiary/aromatic N) is 7. The molecule has 0 amide bonds. The smallest absolute Gasteiger partial charge is 0.181 e. The number of rotatable bonds is 3. The maximum absolute atomic E-state index is 6.19. The lowest BCUT2D eigenvalue weighted by molar-refractivity contribution is 0.665. The summed E-state index contributed by atoms with van der Waals surface area (Å²) < 4.78 is 3.50. The van der Waals surface area contributed by atoms with Crippen LogP contribution in [-0.2, 0) is 13.6 Å². The number of hydrogen-bond donors (Lipinski definition) is 1. The molecule has 0 atom stereocenters. The summed E-state index contributed by atoms with van der Waals surface area (Å²) in [6, 6.07) is 11.9. The molecule has 0 radical (unpaired) electrons. The molecule has 0 bridgehead atoms. The Hall–Kier alpha value is -3.81. The van der Waals surface area contributed by atoms with Crippen LogP contribution in [0.4, 0.5) is 5.69 Å². The number of nitrogens with two attached hydrogens (primary N) is 1. The molecule has 8 heteroatoms. The Balaban J connectivity index is 1.59. The number of pyridine rings is 2. The van der Waals surface area contributed by atoms with E-state index in [2.05, 4.69) is 26.5 Å². The molecule has 0 saturated carbocycles. The van der Waals surface area contributed by atoms with Gasteiger partial charge in [-0.25, -0.2) is 9.67 Å². The van der Waals surface area contributed by atoms with Crippen molar-refractivity contribution in [1.82, 2.24) is 34.7 Å². The molecular weight excluding hydrogens is 340 g/mol. The predicted octanol–water partition coefficient (Wildman–Crippen LogP) is 2.41. The highest BCUT2D eigenvalue weighted by Crippen LogP contribution is 2.25. The molecular formula is C19H16N8. The van der Waals surface area contributed by atoms with Crippen molar-refractivity contribution in [3.63, 3.8) is 0 Å². The molecule has 1 aromatic carbocycles. The number of nitrogen functional groups attached to an aromatic ring is 1. The van der Waals surface area contributed by atoms with Crippen molar-refractivity contribution in [3.8, 4) is 11.3 Å². The van der Waals surface area contributed by atoms with Gasteiger partial charge in [0.25, 0.3) is 0 Å². The molecule has 5 rings (SSSR count). The SMILES string of the molecule is Cn1cc(-c2cc(N)c3nnn(Cc4ccc5ncccc5c4)c3n2)cn1. The maximum Gasteiger partial charge on any atom is 0.181 e. The van der Waals surface area contributed by atoms with Gasteiger partial charge in [0.15, 0.2) is 11.2 Å². The lowest BCUT2D eigenvalue weighted by Crippen LogP contribution is -2.04. The van der Waals surface area contributed by atoms with Gasteiger partial charge in [0.2, 0.25) is 0 Å². The van der Waals surface area contributed by atoms with Gasteiger partial charge in [-0.05, 0) is 29.8 Å². The number of benzene rings is 1. The van der Waals surface area contributed by atoms with Crippen molar-refractivity contribution in [2.75, 3.05) is 5.73 Å². The first kappa shape index (κ1) is 15.4. The molecule has 0 fully saturated rings. The van der Waals surface area contributed by atoms with Crippen LogP contribution < -0.4 is 5.73 Å². The van der Waals surface area contributed by atoms with Gasteiger partial charge in [0.1, 0.15) is 0 Å². The minimum Gasteiger partial charge on any atom is -0.397 e. The van der Waals surface area contributed by atoms with Crippen molar-refractivity contribution in [1.29, 1.82) is 0 Å². The van der Waals surface area contributed by atoms with Crippen molar-refractivity contribution < 1.29 is 0 Å². The normalized spacial score (nSPS) is 11.4. The first-order valence-electron chi connectivity index (χ1n) is 8.50. The fourth-order valence-corrected chi connectivity index (χ4v) is 3.17. The van der Waals surface area contributed by atoms with Crippen LogP contribution in [0.25, 0.3) is 33.3 Å². The van der Waals surface area contributed by atoms with Crippen molar-refractivity contribution >= 4 is 27.8 Å². The Morgan fingerprint density at radius 2 is 2.07 bits per heavy atom. The Morgan fingerprint density at radius 3 is 2.93 bits per heavy atom. The van der Waals surface area contributed by atoms with Crippen molar-refractivity contribution in [2.45, 2.75) is 6.54 Å². The first-order valence-corrected chi connectivity index (χ1v) is 8.50. The minimum absolute atomic E-state index is 0.546. The zero-order chi connectivity index (χ0) is 18.4. The number of hydrogen-bond acceptors (Lipinski definition) is 6. The van der Waals surface area contributed by atoms with E-state index in [4.69, 9.17) is 10.7 Å². The summed E-state index contributed by atoms with van der Waals surface area (Å²) in [7, 11) is 1.87. The van der Waals surface area contributed by atoms with E-state index in [-0.39, 0.29) is 0 Å². The second-order valence-corrected chi connectivity index (χ2v) is 6.45. The molecule has 0 unspecified atom stereocenters. The second-order valence-electron chi connectivity index (χ2n) is 6.45. The second kappa shape index (κ2) is 5.87. The van der Waals surface area contributed by atoms with E-state index in [0.717, 1.165) is 27.7 Å². The highest BCUT2D eigenvalue weighted by atomic mass is 15.4. The molecule has 0 aliphatic heterocycles. The van der Waals surface area contributed by atoms with Crippen LogP contribution in [0, 0.1) is 0 Å². The predicted molar refractivity (Wildman–Crippen MR) is 103 cm³/mol. The van der Waals surface area contributed by atoms with Gasteiger partial charge in [-0.15, -0.1) is 5.10 Å². The van der Waals surface area contributed by atoms with E-state index in [9.17, 15) is 0 Å². The minimum atomic E-state index is 0.546. The van der Waals surface area contributed by atoms with Gasteiger partial charge in [-0.3, -0.25) is 9.67 Å². The summed E-state index contributed by atoms with van der Waals surface area (Å²) in [6.07, 6.45) is 5.45. The fourth-order valence-electron chi connectivity index (χ4n) is 3.17. The monoisotopic (exact) mass is 356 g/mol. The van der Waals surface area contributed by atoms with E-state index in [1.165, 1.54) is 0 Å². The third-order valence-corrected chi connectivity index (χ3v) is 4.50. The van der Waals surface area contributed by atoms with Crippen LogP contribution in [0.3, 0.4) is 0 Å². The molecule has 8 nitrogen and oxygen atoms in total. The van der Waals surface area contributed by atoms with Gasteiger partial charge < -0.3 is 5.73 Å². The zero-order valence-corrected chi connectivity index (χ0v) is 14.6. The highest BCUT2D eigenvalue weighted by Gasteiger charge is 2.14. The van der Waals surface area contributed by atoms with E-state index in [1.54, 1.807) is 27.8 Å². The van der Waals surface area contributed by atoms with Gasteiger partial charge in [0, 0.05) is 30.4 Å². The average Bonchev–Trinajstić information content (AvgIpc) is 3.28. The van der Waals surface area contributed by atoms with Crippen LogP contribution in [0.15, 0.2) is 55.0 Å². The standard InChI is InChI=1S/C19H16N8/c1-26-11-14(9-22-26)17-8-15(20)18-19(23-17)27(25-24-18)10-12-4-5-16-13(7-12)3-2-6-21-16/h2-9,11H,10H2,1H3,(H2,20,23). The number of aromatic nitrogens is 7. The zero-order valence-electron chi connectivity index (χ0n) is 14.6. The van der Waals surface area contributed by atoms with E-state index in [1.807, 2.05) is 37.5 Å². The summed E-state index contributed by atoms with van der Waals surface area (Å²) in [5.41, 5.74) is 11.7. The van der Waals surface area contributed by atoms with Gasteiger partial charge in [-0.2, -0.15) is 5.10 Å². The molecule has 4 heterocycles. The van der Waals surface area contributed by atoms with E-state index in [0.29, 0.717) is 23.4 Å². The number of anilines is 1. The molecule has 5 aromatic rings. The molecule has 0 spiro atoms. The molecule has 0 aliphatic carbocycles. The maximum atomic E-state index is 6.19. The average molecular weight is 356 g/mol. The largest absolute Gasteiger partial charge is 0.397 e. The van der Waals surface area contributed by atoms with Crippen LogP contribution in [-0.4, -0.2) is 34.7 Å². The number of fused-ring (bicyclic) bond motifs is 2. The van der Waals surface area contributed by atoms with Crippen LogP contribution in [0.5, 0.6) is 0 Å². The summed E-state index contributed by atoms with van der Waals surface area (Å²) in [6.45, 7) is 0.546. The Labute approximate surface area is 154 Å². The van der Waals surface area contributed by atoms with Gasteiger partial charge in [0.05, 0.1) is 29.6 Å². The molecule has 27 heavy (non-hydrogen) atoms. The van der Waals surface area contributed by atoms with Gasteiger partial charge in [-0.1, -0.05) is 17.3 Å². The van der Waals surface area contributed by atoms with Crippen LogP contribution >= 0.6 is 0 Å². The summed E-state index contributed by atoms with van der Waals surface area (Å²) in [4.78, 5) is 9.09. The van der Waals surface area contributed by atoms with Crippen molar-refractivity contribution in [2.24, 2.45) is 7.05 Å².